The summed E-state index contributed by atoms with van der Waals surface area (Å²) in [6.07, 6.45) is 0. The van der Waals surface area contributed by atoms with Crippen LogP contribution in [0.4, 0.5) is 0 Å². The summed E-state index contributed by atoms with van der Waals surface area (Å²) in [5, 5.41) is 20.1. The van der Waals surface area contributed by atoms with Gasteiger partial charge < -0.3 is 0 Å². The topological polar surface area (TPSA) is 73.4 Å². The Balaban J connectivity index is 3.22. The third kappa shape index (κ3) is 1.08. The first-order chi connectivity index (χ1) is 4.38. The Morgan fingerprint density at radius 2 is 2.11 bits per heavy atom. The zero-order chi connectivity index (χ0) is 6.69. The summed E-state index contributed by atoms with van der Waals surface area (Å²) in [5.74, 6) is 0. The van der Waals surface area contributed by atoms with E-state index >= 15 is 0 Å². The summed E-state index contributed by atoms with van der Waals surface area (Å²) in [5.41, 5.74) is 0.208. The molecule has 0 atom stereocenters. The summed E-state index contributed by atoms with van der Waals surface area (Å²) in [7, 11) is 0. The normalized spacial score (nSPS) is 7.78. The Kier molecular flexibility index (Phi) is 1.80. The molecule has 0 saturated heterocycles. The van der Waals surface area contributed by atoms with Gasteiger partial charge in [0.15, 0.2) is 0 Å². The van der Waals surface area contributed by atoms with Crippen LogP contribution in [0.5, 0.6) is 0 Å². The van der Waals surface area contributed by atoms with Gasteiger partial charge in [0, 0.05) is 0 Å². The Bertz CT molecular complexity index is 260. The average Bonchev–Trinajstić information content (AvgIpc) is 2.33. The number of aromatic nitrogens is 2. The van der Waals surface area contributed by atoms with Crippen molar-refractivity contribution in [2.75, 3.05) is 0 Å². The summed E-state index contributed by atoms with van der Waals surface area (Å²) in [6.45, 7) is 0. The van der Waals surface area contributed by atoms with Gasteiger partial charge in [-0.2, -0.15) is 0 Å². The molecule has 0 fully saturated rings. The van der Waals surface area contributed by atoms with Crippen molar-refractivity contribution in [3.8, 4) is 12.1 Å². The molecule has 1 aromatic heterocycles. The summed E-state index contributed by atoms with van der Waals surface area (Å²) in [6, 6.07) is 3.69. The van der Waals surface area contributed by atoms with Crippen molar-refractivity contribution < 1.29 is 0 Å². The van der Waals surface area contributed by atoms with Crippen molar-refractivity contribution in [2.45, 2.75) is 0 Å². The summed E-state index contributed by atoms with van der Waals surface area (Å²) in [4.78, 5) is 0. The van der Waals surface area contributed by atoms with Gasteiger partial charge in [0.05, 0.1) is 0 Å². The van der Waals surface area contributed by atoms with Gasteiger partial charge in [0.1, 0.15) is 0 Å². The van der Waals surface area contributed by atoms with Crippen LogP contribution in [0, 0.1) is 22.7 Å². The molecule has 0 aliphatic carbocycles. The maximum absolute atomic E-state index is 8.32. The number of rotatable bonds is 0. The monoisotopic (exact) mass is 234 g/mol. The van der Waals surface area contributed by atoms with Crippen LogP contribution in [0.25, 0.3) is 0 Å². The molecule has 9 heavy (non-hydrogen) atoms. The molecule has 5 heteroatoms. The Hall–Kier alpha value is -0.890. The number of hydrogen-bond donors (Lipinski definition) is 0. The van der Waals surface area contributed by atoms with Gasteiger partial charge in [-0.15, -0.1) is 0 Å². The average molecular weight is 232 g/mol. The zero-order valence-electron chi connectivity index (χ0n) is 4.20. The molecule has 0 unspecified atom stereocenters. The molecule has 4 nitrogen and oxygen atoms in total. The van der Waals surface area contributed by atoms with Crippen LogP contribution in [0.1, 0.15) is 9.27 Å². The van der Waals surface area contributed by atoms with Gasteiger partial charge in [0.2, 0.25) is 0 Å². The number of hydrogen-bond acceptors (Lipinski definition) is 4. The molecule has 0 aromatic carbocycles. The molecule has 0 radical (unpaired) electrons. The van der Waals surface area contributed by atoms with Gasteiger partial charge in [-0.1, -0.05) is 0 Å². The molecule has 42 valence electrons. The first-order valence-corrected chi connectivity index (χ1v) is 4.21. The van der Waals surface area contributed by atoms with Crippen LogP contribution in [-0.2, 0) is 0 Å². The first kappa shape index (κ1) is 6.23. The van der Waals surface area contributed by atoms with Gasteiger partial charge in [-0.3, -0.25) is 0 Å². The molecule has 0 N–H and O–H groups in total. The molecule has 0 spiro atoms. The van der Waals surface area contributed by atoms with Gasteiger partial charge in [-0.25, -0.2) is 0 Å². The van der Waals surface area contributed by atoms with Crippen LogP contribution in [0.2, 0.25) is 0 Å². The van der Waals surface area contributed by atoms with Crippen LogP contribution in [0.15, 0.2) is 0 Å². The van der Waals surface area contributed by atoms with E-state index in [1.54, 1.807) is 6.07 Å². The van der Waals surface area contributed by atoms with E-state index in [4.69, 9.17) is 10.5 Å². The van der Waals surface area contributed by atoms with Crippen LogP contribution >= 0.6 is 0 Å². The standard InChI is InChI=1S/C4N4Te/c5-1-3-4(2-6)9-8-7-3. The molecular formula is C4N4Te. The fourth-order valence-electron chi connectivity index (χ4n) is 0.337. The van der Waals surface area contributed by atoms with Gasteiger partial charge in [-0.05, 0) is 0 Å². The quantitative estimate of drug-likeness (QED) is 0.553. The van der Waals surface area contributed by atoms with Gasteiger partial charge >= 0.3 is 61.1 Å². The molecule has 0 saturated carbocycles. The summed E-state index contributed by atoms with van der Waals surface area (Å²) < 4.78 is 4.11. The SMILES string of the molecule is N#Cc1nn[te]c1C#N. The van der Waals surface area contributed by atoms with E-state index in [1.165, 1.54) is 0 Å². The first-order valence-electron chi connectivity index (χ1n) is 2.01. The van der Waals surface area contributed by atoms with Crippen LogP contribution in [-0.4, -0.2) is 29.1 Å². The number of nitriles is 2. The molecular weight excluding hydrogens is 232 g/mol. The van der Waals surface area contributed by atoms with Gasteiger partial charge in [0.25, 0.3) is 0 Å². The minimum absolute atomic E-state index is 0.208. The molecule has 0 bridgehead atoms. The van der Waals surface area contributed by atoms with Crippen LogP contribution < -0.4 is 0 Å². The second kappa shape index (κ2) is 2.60. The van der Waals surface area contributed by atoms with Crippen molar-refractivity contribution in [2.24, 2.45) is 0 Å². The van der Waals surface area contributed by atoms with E-state index < -0.39 is 20.7 Å². The summed E-state index contributed by atoms with van der Waals surface area (Å²) >= 11 is -0.776. The fourth-order valence-corrected chi connectivity index (χ4v) is 1.53. The third-order valence-electron chi connectivity index (χ3n) is 0.695. The van der Waals surface area contributed by atoms with Crippen molar-refractivity contribution in [3.63, 3.8) is 0 Å². The predicted octanol–water partition coefficient (Wildman–Crippen LogP) is -0.723. The van der Waals surface area contributed by atoms with Crippen molar-refractivity contribution in [1.29, 1.82) is 10.5 Å². The predicted molar refractivity (Wildman–Crippen MR) is 28.4 cm³/mol. The Morgan fingerprint density at radius 1 is 1.33 bits per heavy atom. The van der Waals surface area contributed by atoms with E-state index in [1.807, 2.05) is 6.07 Å². The zero-order valence-corrected chi connectivity index (χ0v) is 6.53. The fraction of sp³-hybridized carbons (Fsp3) is 0. The minimum atomic E-state index is -0.776. The molecule has 0 amide bonds. The number of nitrogens with zero attached hydrogens (tertiary/aromatic N) is 4. The van der Waals surface area contributed by atoms with Crippen molar-refractivity contribution >= 4 is 20.7 Å². The third-order valence-corrected chi connectivity index (χ3v) is 2.49. The van der Waals surface area contributed by atoms with E-state index in [2.05, 4.69) is 8.42 Å². The Labute approximate surface area is 61.3 Å². The molecule has 0 aliphatic rings. The van der Waals surface area contributed by atoms with E-state index in [0.717, 1.165) is 0 Å². The molecule has 0 aliphatic heterocycles. The van der Waals surface area contributed by atoms with Crippen molar-refractivity contribution in [3.05, 3.63) is 9.27 Å². The second-order valence-electron chi connectivity index (χ2n) is 1.17. The van der Waals surface area contributed by atoms with E-state index in [9.17, 15) is 0 Å². The second-order valence-corrected chi connectivity index (χ2v) is 3.33. The maximum atomic E-state index is 8.32. The molecule has 1 aromatic rings. The van der Waals surface area contributed by atoms with Crippen molar-refractivity contribution in [1.82, 2.24) is 8.42 Å². The molecule has 1 heterocycles. The van der Waals surface area contributed by atoms with E-state index in [-0.39, 0.29) is 5.69 Å². The Morgan fingerprint density at radius 3 is 2.56 bits per heavy atom. The molecule has 1 rings (SSSR count). The van der Waals surface area contributed by atoms with E-state index in [0.29, 0.717) is 3.58 Å². The van der Waals surface area contributed by atoms with Crippen LogP contribution in [0.3, 0.4) is 0 Å².